The standard InChI is InChI=1S/C20H14Cl2N4OS2/c1-11-4-2-3-5-12(11)10-28-19-23-9-14(22)17(25-19)18(27)26-20-24-15-7-6-13(21)8-16(15)29-20/h2-9H,10H2,1H3,(H,24,26,27). The topological polar surface area (TPSA) is 67.8 Å². The monoisotopic (exact) mass is 460 g/mol. The molecule has 2 aromatic heterocycles. The van der Waals surface area contributed by atoms with E-state index in [2.05, 4.69) is 39.3 Å². The first-order valence-corrected chi connectivity index (χ1v) is 11.1. The summed E-state index contributed by atoms with van der Waals surface area (Å²) in [5.41, 5.74) is 3.27. The lowest BCUT2D eigenvalue weighted by Gasteiger charge is -2.07. The van der Waals surface area contributed by atoms with Crippen molar-refractivity contribution in [3.63, 3.8) is 0 Å². The molecule has 1 amide bonds. The van der Waals surface area contributed by atoms with Gasteiger partial charge < -0.3 is 0 Å². The molecular formula is C20H14Cl2N4OS2. The quantitative estimate of drug-likeness (QED) is 0.281. The molecule has 0 saturated carbocycles. The Hall–Kier alpha value is -2.19. The third kappa shape index (κ3) is 4.70. The van der Waals surface area contributed by atoms with Crippen LogP contribution in [0.25, 0.3) is 10.2 Å². The molecule has 0 atom stereocenters. The van der Waals surface area contributed by atoms with Crippen molar-refractivity contribution in [1.82, 2.24) is 15.0 Å². The third-order valence-corrected chi connectivity index (χ3v) is 6.48. The van der Waals surface area contributed by atoms with Crippen molar-refractivity contribution in [1.29, 1.82) is 0 Å². The molecule has 4 rings (SSSR count). The molecule has 1 N–H and O–H groups in total. The second kappa shape index (κ2) is 8.67. The molecule has 0 fully saturated rings. The van der Waals surface area contributed by atoms with Crippen molar-refractivity contribution >= 4 is 67.6 Å². The van der Waals surface area contributed by atoms with E-state index in [1.807, 2.05) is 24.3 Å². The fourth-order valence-electron chi connectivity index (χ4n) is 2.60. The van der Waals surface area contributed by atoms with Crippen molar-refractivity contribution in [2.75, 3.05) is 5.32 Å². The summed E-state index contributed by atoms with van der Waals surface area (Å²) in [6.07, 6.45) is 1.45. The Kier molecular flexibility index (Phi) is 6.01. The zero-order chi connectivity index (χ0) is 20.4. The second-order valence-corrected chi connectivity index (χ2v) is 8.97. The number of amides is 1. The van der Waals surface area contributed by atoms with Gasteiger partial charge in [0.1, 0.15) is 0 Å². The number of fused-ring (bicyclic) bond motifs is 1. The molecule has 4 aromatic rings. The molecule has 5 nitrogen and oxygen atoms in total. The molecular weight excluding hydrogens is 447 g/mol. The number of carbonyl (C=O) groups is 1. The van der Waals surface area contributed by atoms with Crippen LogP contribution >= 0.6 is 46.3 Å². The van der Waals surface area contributed by atoms with Crippen LogP contribution in [0.1, 0.15) is 21.6 Å². The Morgan fingerprint density at radius 3 is 2.83 bits per heavy atom. The van der Waals surface area contributed by atoms with Crippen LogP contribution in [-0.4, -0.2) is 20.9 Å². The molecule has 0 aliphatic heterocycles. The molecule has 146 valence electrons. The Bertz CT molecular complexity index is 1210. The van der Waals surface area contributed by atoms with Crippen LogP contribution in [0.2, 0.25) is 10.0 Å². The van der Waals surface area contributed by atoms with E-state index in [-0.39, 0.29) is 10.7 Å². The maximum absolute atomic E-state index is 12.7. The van der Waals surface area contributed by atoms with Crippen LogP contribution < -0.4 is 5.32 Å². The van der Waals surface area contributed by atoms with Crippen LogP contribution in [0.3, 0.4) is 0 Å². The van der Waals surface area contributed by atoms with Gasteiger partial charge in [-0.3, -0.25) is 10.1 Å². The van der Waals surface area contributed by atoms with E-state index < -0.39 is 5.91 Å². The SMILES string of the molecule is Cc1ccccc1CSc1ncc(Cl)c(C(=O)Nc2nc3ccc(Cl)cc3s2)n1. The van der Waals surface area contributed by atoms with Gasteiger partial charge in [0.2, 0.25) is 0 Å². The van der Waals surface area contributed by atoms with Gasteiger partial charge in [0.05, 0.1) is 21.4 Å². The van der Waals surface area contributed by atoms with Crippen molar-refractivity contribution in [2.24, 2.45) is 0 Å². The zero-order valence-corrected chi connectivity index (χ0v) is 18.3. The molecule has 0 aliphatic rings. The molecule has 0 saturated heterocycles. The molecule has 0 radical (unpaired) electrons. The Labute approximate surface area is 185 Å². The predicted molar refractivity (Wildman–Crippen MR) is 120 cm³/mol. The largest absolute Gasteiger partial charge is 0.296 e. The number of rotatable bonds is 5. The molecule has 2 heterocycles. The number of hydrogen-bond donors (Lipinski definition) is 1. The van der Waals surface area contributed by atoms with Gasteiger partial charge in [-0.15, -0.1) is 0 Å². The second-order valence-electron chi connectivity index (χ2n) is 6.15. The fourth-order valence-corrected chi connectivity index (χ4v) is 4.81. The Balaban J connectivity index is 1.51. The summed E-state index contributed by atoms with van der Waals surface area (Å²) in [6.45, 7) is 2.06. The van der Waals surface area contributed by atoms with E-state index in [1.54, 1.807) is 6.07 Å². The van der Waals surface area contributed by atoms with E-state index in [0.29, 0.717) is 21.1 Å². The number of nitrogens with zero attached hydrogens (tertiary/aromatic N) is 3. The van der Waals surface area contributed by atoms with Gasteiger partial charge in [0, 0.05) is 10.8 Å². The minimum atomic E-state index is -0.430. The van der Waals surface area contributed by atoms with Crippen LogP contribution in [0.5, 0.6) is 0 Å². The number of anilines is 1. The summed E-state index contributed by atoms with van der Waals surface area (Å²) < 4.78 is 0.885. The first-order chi connectivity index (χ1) is 14.0. The number of carbonyl (C=O) groups excluding carboxylic acids is 1. The third-order valence-electron chi connectivity index (χ3n) is 4.13. The van der Waals surface area contributed by atoms with Crippen molar-refractivity contribution in [2.45, 2.75) is 17.8 Å². The van der Waals surface area contributed by atoms with Crippen LogP contribution in [0.15, 0.2) is 53.8 Å². The number of nitrogens with one attached hydrogen (secondary N) is 1. The summed E-state index contributed by atoms with van der Waals surface area (Å²) in [6, 6.07) is 13.5. The molecule has 0 spiro atoms. The zero-order valence-electron chi connectivity index (χ0n) is 15.1. The van der Waals surface area contributed by atoms with E-state index in [1.165, 1.54) is 40.4 Å². The molecule has 0 unspecified atom stereocenters. The van der Waals surface area contributed by atoms with E-state index >= 15 is 0 Å². The fraction of sp³-hybridized carbons (Fsp3) is 0.100. The normalized spacial score (nSPS) is 11.0. The lowest BCUT2D eigenvalue weighted by atomic mass is 10.1. The smallest absolute Gasteiger partial charge is 0.277 e. The number of hydrogen-bond acceptors (Lipinski definition) is 6. The minimum Gasteiger partial charge on any atom is -0.296 e. The van der Waals surface area contributed by atoms with Crippen LogP contribution in [0, 0.1) is 6.92 Å². The van der Waals surface area contributed by atoms with Gasteiger partial charge in [-0.1, -0.05) is 70.6 Å². The van der Waals surface area contributed by atoms with Gasteiger partial charge in [0.15, 0.2) is 16.0 Å². The molecule has 2 aromatic carbocycles. The lowest BCUT2D eigenvalue weighted by molar-refractivity contribution is 0.102. The minimum absolute atomic E-state index is 0.117. The Morgan fingerprint density at radius 2 is 2.00 bits per heavy atom. The number of aryl methyl sites for hydroxylation is 1. The van der Waals surface area contributed by atoms with Crippen molar-refractivity contribution in [3.8, 4) is 0 Å². The number of benzene rings is 2. The highest BCUT2D eigenvalue weighted by Gasteiger charge is 2.17. The average molecular weight is 461 g/mol. The number of thioether (sulfide) groups is 1. The van der Waals surface area contributed by atoms with Gasteiger partial charge >= 0.3 is 0 Å². The predicted octanol–water partition coefficient (Wildman–Crippen LogP) is 6.25. The lowest BCUT2D eigenvalue weighted by Crippen LogP contribution is -2.15. The van der Waals surface area contributed by atoms with Crippen molar-refractivity contribution in [3.05, 3.63) is 75.5 Å². The van der Waals surface area contributed by atoms with Gasteiger partial charge in [-0.05, 0) is 36.2 Å². The molecule has 29 heavy (non-hydrogen) atoms. The van der Waals surface area contributed by atoms with Crippen molar-refractivity contribution < 1.29 is 4.79 Å². The summed E-state index contributed by atoms with van der Waals surface area (Å²) in [4.78, 5) is 25.7. The van der Waals surface area contributed by atoms with E-state index in [0.717, 1.165) is 10.2 Å². The van der Waals surface area contributed by atoms with Crippen LogP contribution in [0.4, 0.5) is 5.13 Å². The molecule has 0 bridgehead atoms. The van der Waals surface area contributed by atoms with Gasteiger partial charge in [0.25, 0.3) is 5.91 Å². The summed E-state index contributed by atoms with van der Waals surface area (Å²) in [5.74, 6) is 0.272. The summed E-state index contributed by atoms with van der Waals surface area (Å²) >= 11 is 15.0. The van der Waals surface area contributed by atoms with E-state index in [4.69, 9.17) is 23.2 Å². The average Bonchev–Trinajstić information content (AvgIpc) is 3.09. The summed E-state index contributed by atoms with van der Waals surface area (Å²) in [7, 11) is 0. The maximum Gasteiger partial charge on any atom is 0.277 e. The first kappa shape index (κ1) is 20.1. The Morgan fingerprint density at radius 1 is 1.17 bits per heavy atom. The highest BCUT2D eigenvalue weighted by atomic mass is 35.5. The molecule has 0 aliphatic carbocycles. The highest BCUT2D eigenvalue weighted by molar-refractivity contribution is 7.98. The number of aromatic nitrogens is 3. The number of thiazole rings is 1. The highest BCUT2D eigenvalue weighted by Crippen LogP contribution is 2.29. The molecule has 9 heteroatoms. The van der Waals surface area contributed by atoms with Gasteiger partial charge in [-0.25, -0.2) is 15.0 Å². The summed E-state index contributed by atoms with van der Waals surface area (Å²) in [5, 5.41) is 4.50. The van der Waals surface area contributed by atoms with Crippen LogP contribution in [-0.2, 0) is 5.75 Å². The first-order valence-electron chi connectivity index (χ1n) is 8.57. The van der Waals surface area contributed by atoms with E-state index in [9.17, 15) is 4.79 Å². The van der Waals surface area contributed by atoms with Gasteiger partial charge in [-0.2, -0.15) is 0 Å². The number of halogens is 2. The maximum atomic E-state index is 12.7.